The first-order valence-electron chi connectivity index (χ1n) is 8.05. The average molecular weight is 377 g/mol. The molecule has 136 valence electrons. The number of halogens is 1. The van der Waals surface area contributed by atoms with Gasteiger partial charge in [0, 0.05) is 16.9 Å². The van der Waals surface area contributed by atoms with E-state index in [1.807, 2.05) is 12.1 Å². The second kappa shape index (κ2) is 6.82. The quantitative estimate of drug-likeness (QED) is 0.545. The number of aliphatic hydroxyl groups excluding tert-OH is 3. The minimum Gasteiger partial charge on any atom is -0.394 e. The number of nitrogens with one attached hydrogen (secondary N) is 1. The number of pyridine rings is 1. The van der Waals surface area contributed by atoms with Crippen molar-refractivity contribution in [2.24, 2.45) is 0 Å². The van der Waals surface area contributed by atoms with Crippen LogP contribution in [0.25, 0.3) is 11.2 Å². The van der Waals surface area contributed by atoms with Crippen LogP contribution in [0.3, 0.4) is 0 Å². The van der Waals surface area contributed by atoms with E-state index in [0.29, 0.717) is 16.2 Å². The van der Waals surface area contributed by atoms with Crippen molar-refractivity contribution in [1.82, 2.24) is 14.5 Å². The summed E-state index contributed by atoms with van der Waals surface area (Å²) in [7, 11) is 0. The fourth-order valence-corrected chi connectivity index (χ4v) is 3.15. The van der Waals surface area contributed by atoms with Gasteiger partial charge in [-0.25, -0.2) is 9.97 Å². The number of ether oxygens (including phenoxy) is 1. The number of anilines is 2. The lowest BCUT2D eigenvalue weighted by molar-refractivity contribution is -0.0511. The standard InChI is InChI=1S/C17H17ClN4O4/c18-9-1-3-10(4-2-9)21-11-5-6-19-16-13(11)20-8-22(16)17-15(25)14(24)12(7-23)26-17/h1-6,8,12,14-15,17,23-25H,7H2,(H,19,21)/t12-,14-,15-,17-/m1/s1. The molecule has 0 spiro atoms. The van der Waals surface area contributed by atoms with Crippen LogP contribution in [-0.2, 0) is 4.74 Å². The molecule has 3 aromatic rings. The topological polar surface area (TPSA) is 113 Å². The number of hydrogen-bond acceptors (Lipinski definition) is 7. The molecule has 0 aliphatic carbocycles. The van der Waals surface area contributed by atoms with Crippen LogP contribution in [0, 0.1) is 0 Å². The van der Waals surface area contributed by atoms with Gasteiger partial charge in [0.2, 0.25) is 0 Å². The van der Waals surface area contributed by atoms with Crippen molar-refractivity contribution >= 4 is 34.1 Å². The van der Waals surface area contributed by atoms with E-state index in [2.05, 4.69) is 15.3 Å². The number of aromatic nitrogens is 3. The Morgan fingerprint density at radius 3 is 2.58 bits per heavy atom. The van der Waals surface area contributed by atoms with Crippen molar-refractivity contribution in [2.75, 3.05) is 11.9 Å². The van der Waals surface area contributed by atoms with Gasteiger partial charge in [0.1, 0.15) is 23.8 Å². The average Bonchev–Trinajstić information content (AvgIpc) is 3.19. The highest BCUT2D eigenvalue weighted by Crippen LogP contribution is 2.33. The molecular formula is C17H17ClN4O4. The number of rotatable bonds is 4. The third kappa shape index (κ3) is 2.91. The molecule has 2 aromatic heterocycles. The van der Waals surface area contributed by atoms with Crippen LogP contribution in [0.5, 0.6) is 0 Å². The van der Waals surface area contributed by atoms with Crippen molar-refractivity contribution in [3.63, 3.8) is 0 Å². The SMILES string of the molecule is OC[C@H]1O[C@@H](n2cnc3c(Nc4ccc(Cl)cc4)ccnc32)[C@H](O)[C@@H]1O. The van der Waals surface area contributed by atoms with E-state index in [1.54, 1.807) is 29.0 Å². The van der Waals surface area contributed by atoms with Crippen molar-refractivity contribution in [3.8, 4) is 0 Å². The first kappa shape index (κ1) is 17.2. The number of hydrogen-bond donors (Lipinski definition) is 4. The zero-order valence-electron chi connectivity index (χ0n) is 13.5. The van der Waals surface area contributed by atoms with Crippen LogP contribution < -0.4 is 5.32 Å². The molecule has 0 radical (unpaired) electrons. The third-order valence-corrected chi connectivity index (χ3v) is 4.63. The molecule has 1 fully saturated rings. The predicted molar refractivity (Wildman–Crippen MR) is 95.3 cm³/mol. The fourth-order valence-electron chi connectivity index (χ4n) is 3.02. The predicted octanol–water partition coefficient (Wildman–Crippen LogP) is 1.44. The summed E-state index contributed by atoms with van der Waals surface area (Å²) in [6.45, 7) is -0.391. The van der Waals surface area contributed by atoms with E-state index >= 15 is 0 Å². The van der Waals surface area contributed by atoms with Gasteiger partial charge in [-0.3, -0.25) is 4.57 Å². The monoisotopic (exact) mass is 376 g/mol. The molecule has 1 saturated heterocycles. The first-order chi connectivity index (χ1) is 12.6. The largest absolute Gasteiger partial charge is 0.394 e. The highest BCUT2D eigenvalue weighted by Gasteiger charge is 2.43. The fraction of sp³-hybridized carbons (Fsp3) is 0.294. The Morgan fingerprint density at radius 1 is 1.12 bits per heavy atom. The zero-order valence-corrected chi connectivity index (χ0v) is 14.3. The summed E-state index contributed by atoms with van der Waals surface area (Å²) in [4.78, 5) is 8.68. The lowest BCUT2D eigenvalue weighted by Gasteiger charge is -2.16. The van der Waals surface area contributed by atoms with Crippen molar-refractivity contribution in [2.45, 2.75) is 24.5 Å². The van der Waals surface area contributed by atoms with Crippen LogP contribution in [0.1, 0.15) is 6.23 Å². The second-order valence-corrected chi connectivity index (χ2v) is 6.48. The highest BCUT2D eigenvalue weighted by molar-refractivity contribution is 6.30. The molecule has 4 rings (SSSR count). The molecule has 4 N–H and O–H groups in total. The maximum Gasteiger partial charge on any atom is 0.165 e. The Labute approximate surface area is 153 Å². The van der Waals surface area contributed by atoms with Crippen molar-refractivity contribution < 1.29 is 20.1 Å². The molecule has 1 aromatic carbocycles. The zero-order chi connectivity index (χ0) is 18.3. The van der Waals surface area contributed by atoms with Gasteiger partial charge in [-0.15, -0.1) is 0 Å². The van der Waals surface area contributed by atoms with Crippen LogP contribution in [0.15, 0.2) is 42.9 Å². The van der Waals surface area contributed by atoms with Crippen LogP contribution >= 0.6 is 11.6 Å². The molecule has 1 aliphatic heterocycles. The van der Waals surface area contributed by atoms with Gasteiger partial charge in [-0.1, -0.05) is 11.6 Å². The Morgan fingerprint density at radius 2 is 1.88 bits per heavy atom. The summed E-state index contributed by atoms with van der Waals surface area (Å²) in [5.41, 5.74) is 2.63. The summed E-state index contributed by atoms with van der Waals surface area (Å²) in [5, 5.41) is 33.3. The van der Waals surface area contributed by atoms with Crippen LogP contribution in [-0.4, -0.2) is 54.8 Å². The molecule has 0 amide bonds. The van der Waals surface area contributed by atoms with Crippen LogP contribution in [0.2, 0.25) is 5.02 Å². The van der Waals surface area contributed by atoms with Gasteiger partial charge in [-0.05, 0) is 30.3 Å². The van der Waals surface area contributed by atoms with Gasteiger partial charge < -0.3 is 25.4 Å². The van der Waals surface area contributed by atoms with Gasteiger partial charge in [0.05, 0.1) is 18.6 Å². The first-order valence-corrected chi connectivity index (χ1v) is 8.43. The molecular weight excluding hydrogens is 360 g/mol. The maximum atomic E-state index is 10.2. The lowest BCUT2D eigenvalue weighted by Crippen LogP contribution is -2.33. The van der Waals surface area contributed by atoms with Crippen LogP contribution in [0.4, 0.5) is 11.4 Å². The summed E-state index contributed by atoms with van der Waals surface area (Å²) in [5.74, 6) is 0. The molecule has 0 bridgehead atoms. The summed E-state index contributed by atoms with van der Waals surface area (Å²) in [6.07, 6.45) is -1.02. The number of imidazole rings is 1. The molecule has 0 unspecified atom stereocenters. The van der Waals surface area contributed by atoms with Gasteiger partial charge >= 0.3 is 0 Å². The van der Waals surface area contributed by atoms with E-state index in [9.17, 15) is 15.3 Å². The molecule has 9 heteroatoms. The minimum absolute atomic E-state index is 0.391. The number of nitrogens with zero attached hydrogens (tertiary/aromatic N) is 3. The summed E-state index contributed by atoms with van der Waals surface area (Å²) in [6, 6.07) is 9.03. The van der Waals surface area contributed by atoms with E-state index in [-0.39, 0.29) is 0 Å². The smallest absolute Gasteiger partial charge is 0.165 e. The Kier molecular flexibility index (Phi) is 4.51. The number of fused-ring (bicyclic) bond motifs is 1. The number of aliphatic hydroxyl groups is 3. The van der Waals surface area contributed by atoms with Gasteiger partial charge in [0.25, 0.3) is 0 Å². The molecule has 26 heavy (non-hydrogen) atoms. The Bertz CT molecular complexity index is 917. The molecule has 0 saturated carbocycles. The minimum atomic E-state index is -1.20. The Balaban J connectivity index is 1.68. The normalized spacial score (nSPS) is 25.7. The maximum absolute atomic E-state index is 10.2. The second-order valence-electron chi connectivity index (χ2n) is 6.04. The van der Waals surface area contributed by atoms with E-state index in [1.165, 1.54) is 6.33 Å². The highest BCUT2D eigenvalue weighted by atomic mass is 35.5. The van der Waals surface area contributed by atoms with E-state index < -0.39 is 31.1 Å². The number of benzene rings is 1. The van der Waals surface area contributed by atoms with Crippen molar-refractivity contribution in [1.29, 1.82) is 0 Å². The summed E-state index contributed by atoms with van der Waals surface area (Å²) < 4.78 is 7.10. The molecule has 8 nitrogen and oxygen atoms in total. The molecule has 1 aliphatic rings. The lowest BCUT2D eigenvalue weighted by atomic mass is 10.1. The third-order valence-electron chi connectivity index (χ3n) is 4.38. The van der Waals surface area contributed by atoms with E-state index in [0.717, 1.165) is 11.4 Å². The molecule has 3 heterocycles. The Hall–Kier alpha value is -2.23. The van der Waals surface area contributed by atoms with E-state index in [4.69, 9.17) is 16.3 Å². The molecule has 4 atom stereocenters. The van der Waals surface area contributed by atoms with Gasteiger partial charge in [0.15, 0.2) is 11.9 Å². The van der Waals surface area contributed by atoms with Crippen molar-refractivity contribution in [3.05, 3.63) is 47.9 Å². The van der Waals surface area contributed by atoms with Gasteiger partial charge in [-0.2, -0.15) is 0 Å². The summed E-state index contributed by atoms with van der Waals surface area (Å²) >= 11 is 5.91.